The number of nitrogens with zero attached hydrogens (tertiary/aromatic N) is 2. The molecule has 1 N–H and O–H groups in total. The Morgan fingerprint density at radius 2 is 2.00 bits per heavy atom. The minimum Gasteiger partial charge on any atom is -0.497 e. The van der Waals surface area contributed by atoms with Gasteiger partial charge in [0.2, 0.25) is 0 Å². The van der Waals surface area contributed by atoms with Crippen LogP contribution in [0.5, 0.6) is 5.75 Å². The van der Waals surface area contributed by atoms with Crippen molar-refractivity contribution < 1.29 is 4.74 Å². The maximum absolute atomic E-state index is 5.27. The Morgan fingerprint density at radius 3 is 2.70 bits per heavy atom. The fraction of sp³-hybridized carbons (Fsp3) is 0.375. The molecule has 0 radical (unpaired) electrons. The van der Waals surface area contributed by atoms with Gasteiger partial charge in [0.15, 0.2) is 0 Å². The van der Waals surface area contributed by atoms with Crippen LogP contribution in [-0.2, 0) is 6.42 Å². The van der Waals surface area contributed by atoms with E-state index in [2.05, 4.69) is 34.3 Å². The van der Waals surface area contributed by atoms with E-state index in [1.807, 2.05) is 18.2 Å². The molecule has 4 heteroatoms. The van der Waals surface area contributed by atoms with Gasteiger partial charge in [-0.15, -0.1) is 0 Å². The average Bonchev–Trinajstić information content (AvgIpc) is 2.52. The van der Waals surface area contributed by atoms with Gasteiger partial charge in [-0.1, -0.05) is 19.1 Å². The molecule has 2 rings (SSSR count). The van der Waals surface area contributed by atoms with Gasteiger partial charge < -0.3 is 10.1 Å². The van der Waals surface area contributed by atoms with Crippen LogP contribution >= 0.6 is 0 Å². The molecule has 20 heavy (non-hydrogen) atoms. The van der Waals surface area contributed by atoms with Crippen molar-refractivity contribution in [2.45, 2.75) is 25.8 Å². The predicted octanol–water partition coefficient (Wildman–Crippen LogP) is 2.77. The maximum atomic E-state index is 5.27. The summed E-state index contributed by atoms with van der Waals surface area (Å²) in [4.78, 5) is 8.73. The lowest BCUT2D eigenvalue weighted by Gasteiger charge is -2.17. The summed E-state index contributed by atoms with van der Waals surface area (Å²) in [5.74, 6) is 1.72. The Kier molecular flexibility index (Phi) is 5.50. The highest BCUT2D eigenvalue weighted by atomic mass is 16.5. The summed E-state index contributed by atoms with van der Waals surface area (Å²) in [7, 11) is 1.69. The number of rotatable bonds is 7. The molecular weight excluding hydrogens is 250 g/mol. The second-order valence-corrected chi connectivity index (χ2v) is 4.67. The molecule has 2 aromatic rings. The van der Waals surface area contributed by atoms with E-state index in [0.717, 1.165) is 31.0 Å². The van der Waals surface area contributed by atoms with E-state index in [0.29, 0.717) is 0 Å². The van der Waals surface area contributed by atoms with Gasteiger partial charge in [0.05, 0.1) is 13.2 Å². The summed E-state index contributed by atoms with van der Waals surface area (Å²) >= 11 is 0. The van der Waals surface area contributed by atoms with Crippen LogP contribution in [0, 0.1) is 0 Å². The van der Waals surface area contributed by atoms with E-state index in [1.54, 1.807) is 19.5 Å². The van der Waals surface area contributed by atoms with Gasteiger partial charge in [0, 0.05) is 12.4 Å². The third kappa shape index (κ3) is 4.03. The number of benzene rings is 1. The zero-order valence-corrected chi connectivity index (χ0v) is 12.0. The molecule has 1 heterocycles. The molecule has 0 aliphatic carbocycles. The zero-order chi connectivity index (χ0) is 14.2. The maximum Gasteiger partial charge on any atom is 0.145 e. The Labute approximate surface area is 120 Å². The van der Waals surface area contributed by atoms with Crippen LogP contribution < -0.4 is 10.1 Å². The topological polar surface area (TPSA) is 47.0 Å². The molecule has 1 aromatic carbocycles. The van der Waals surface area contributed by atoms with Crippen LogP contribution in [0.2, 0.25) is 0 Å². The quantitative estimate of drug-likeness (QED) is 0.841. The van der Waals surface area contributed by atoms with E-state index < -0.39 is 0 Å². The summed E-state index contributed by atoms with van der Waals surface area (Å²) in [6, 6.07) is 10.1. The summed E-state index contributed by atoms with van der Waals surface area (Å²) < 4.78 is 5.27. The third-order valence-electron chi connectivity index (χ3n) is 3.11. The van der Waals surface area contributed by atoms with Gasteiger partial charge in [0.25, 0.3) is 0 Å². The van der Waals surface area contributed by atoms with Crippen molar-refractivity contribution in [1.29, 1.82) is 0 Å². The molecule has 4 nitrogen and oxygen atoms in total. The molecule has 1 unspecified atom stereocenters. The van der Waals surface area contributed by atoms with Crippen LogP contribution in [0.1, 0.15) is 30.8 Å². The lowest BCUT2D eigenvalue weighted by atomic mass is 10.0. The molecule has 0 amide bonds. The third-order valence-corrected chi connectivity index (χ3v) is 3.11. The van der Waals surface area contributed by atoms with Crippen molar-refractivity contribution in [2.75, 3.05) is 13.7 Å². The number of methoxy groups -OCH3 is 1. The largest absolute Gasteiger partial charge is 0.497 e. The summed E-state index contributed by atoms with van der Waals surface area (Å²) in [6.45, 7) is 3.11. The Bertz CT molecular complexity index is 516. The summed E-state index contributed by atoms with van der Waals surface area (Å²) in [5.41, 5.74) is 1.21. The molecule has 1 atom stereocenters. The van der Waals surface area contributed by atoms with Gasteiger partial charge >= 0.3 is 0 Å². The van der Waals surface area contributed by atoms with Crippen LogP contribution in [0.15, 0.2) is 42.7 Å². The number of hydrogen-bond donors (Lipinski definition) is 1. The van der Waals surface area contributed by atoms with Crippen LogP contribution in [0.25, 0.3) is 0 Å². The highest BCUT2D eigenvalue weighted by Crippen LogP contribution is 2.19. The SMILES string of the molecule is CCCNC(Cc1cccc(OC)c1)c1ncccn1. The van der Waals surface area contributed by atoms with Crippen molar-refractivity contribution in [3.05, 3.63) is 54.1 Å². The molecule has 1 aromatic heterocycles. The van der Waals surface area contributed by atoms with E-state index in [1.165, 1.54) is 5.56 Å². The fourth-order valence-corrected chi connectivity index (χ4v) is 2.10. The van der Waals surface area contributed by atoms with Gasteiger partial charge in [0.1, 0.15) is 11.6 Å². The molecule has 106 valence electrons. The van der Waals surface area contributed by atoms with E-state index in [-0.39, 0.29) is 6.04 Å². The second kappa shape index (κ2) is 7.60. The zero-order valence-electron chi connectivity index (χ0n) is 12.0. The Balaban J connectivity index is 2.14. The standard InChI is InChI=1S/C16H21N3O/c1-3-8-17-15(16-18-9-5-10-19-16)12-13-6-4-7-14(11-13)20-2/h4-7,9-11,15,17H,3,8,12H2,1-2H3. The smallest absolute Gasteiger partial charge is 0.145 e. The first-order valence-electron chi connectivity index (χ1n) is 6.96. The first-order valence-corrected chi connectivity index (χ1v) is 6.96. The minimum atomic E-state index is 0.128. The van der Waals surface area contributed by atoms with Crippen LogP contribution in [-0.4, -0.2) is 23.6 Å². The summed E-state index contributed by atoms with van der Waals surface area (Å²) in [6.07, 6.45) is 5.51. The molecule has 0 bridgehead atoms. The highest BCUT2D eigenvalue weighted by molar-refractivity contribution is 5.29. The van der Waals surface area contributed by atoms with Gasteiger partial charge in [-0.2, -0.15) is 0 Å². The first-order chi connectivity index (χ1) is 9.83. The molecule has 0 spiro atoms. The van der Waals surface area contributed by atoms with Gasteiger partial charge in [-0.3, -0.25) is 0 Å². The second-order valence-electron chi connectivity index (χ2n) is 4.67. The first kappa shape index (κ1) is 14.5. The number of hydrogen-bond acceptors (Lipinski definition) is 4. The number of ether oxygens (including phenoxy) is 1. The minimum absolute atomic E-state index is 0.128. The molecule has 0 saturated carbocycles. The Hall–Kier alpha value is -1.94. The molecule has 0 fully saturated rings. The molecule has 0 aliphatic rings. The van der Waals surface area contributed by atoms with E-state index in [9.17, 15) is 0 Å². The van der Waals surface area contributed by atoms with Gasteiger partial charge in [-0.05, 0) is 43.1 Å². The summed E-state index contributed by atoms with van der Waals surface area (Å²) in [5, 5.41) is 3.51. The highest BCUT2D eigenvalue weighted by Gasteiger charge is 2.14. The van der Waals surface area contributed by atoms with Crippen molar-refractivity contribution >= 4 is 0 Å². The van der Waals surface area contributed by atoms with Crippen molar-refractivity contribution in [2.24, 2.45) is 0 Å². The fourth-order valence-electron chi connectivity index (χ4n) is 2.10. The van der Waals surface area contributed by atoms with Crippen LogP contribution in [0.3, 0.4) is 0 Å². The Morgan fingerprint density at radius 1 is 1.20 bits per heavy atom. The number of aromatic nitrogens is 2. The average molecular weight is 271 g/mol. The van der Waals surface area contributed by atoms with Gasteiger partial charge in [-0.25, -0.2) is 9.97 Å². The molecule has 0 saturated heterocycles. The van der Waals surface area contributed by atoms with Crippen molar-refractivity contribution in [3.8, 4) is 5.75 Å². The lowest BCUT2D eigenvalue weighted by molar-refractivity contribution is 0.413. The van der Waals surface area contributed by atoms with E-state index >= 15 is 0 Å². The lowest BCUT2D eigenvalue weighted by Crippen LogP contribution is -2.25. The monoisotopic (exact) mass is 271 g/mol. The van der Waals surface area contributed by atoms with Crippen molar-refractivity contribution in [1.82, 2.24) is 15.3 Å². The predicted molar refractivity (Wildman–Crippen MR) is 79.8 cm³/mol. The normalized spacial score (nSPS) is 12.1. The molecule has 0 aliphatic heterocycles. The van der Waals surface area contributed by atoms with E-state index in [4.69, 9.17) is 4.74 Å². The number of nitrogens with one attached hydrogen (secondary N) is 1. The van der Waals surface area contributed by atoms with Crippen molar-refractivity contribution in [3.63, 3.8) is 0 Å². The molecular formula is C16H21N3O. The van der Waals surface area contributed by atoms with Crippen LogP contribution in [0.4, 0.5) is 0 Å².